The molecule has 1 saturated heterocycles. The van der Waals surface area contributed by atoms with E-state index in [1.165, 1.54) is 19.2 Å². The fourth-order valence-electron chi connectivity index (χ4n) is 2.70. The van der Waals surface area contributed by atoms with Crippen molar-refractivity contribution in [1.29, 1.82) is 0 Å². The smallest absolute Gasteiger partial charge is 0.378 e. The number of carbonyl (C=O) groups excluding carboxylic acids is 1. The van der Waals surface area contributed by atoms with Crippen LogP contribution in [0.5, 0.6) is 0 Å². The second kappa shape index (κ2) is 7.39. The Morgan fingerprint density at radius 2 is 1.89 bits per heavy atom. The molecule has 1 aliphatic rings. The highest BCUT2D eigenvalue weighted by atomic mass is 19.4. The summed E-state index contributed by atoms with van der Waals surface area (Å²) in [5.41, 5.74) is -0.873. The maximum absolute atomic E-state index is 13.1. The average Bonchev–Trinajstić information content (AvgIpc) is 2.64. The van der Waals surface area contributed by atoms with Crippen LogP contribution in [0.15, 0.2) is 35.1 Å². The summed E-state index contributed by atoms with van der Waals surface area (Å²) in [7, 11) is 1.38. The number of morpholine rings is 1. The molecule has 10 heteroatoms. The third-order valence-electron chi connectivity index (χ3n) is 4.12. The Balaban J connectivity index is 1.96. The lowest BCUT2D eigenvalue weighted by atomic mass is 10.1. The molecule has 144 valence electrons. The summed E-state index contributed by atoms with van der Waals surface area (Å²) in [6, 6.07) is 5.59. The Morgan fingerprint density at radius 1 is 1.19 bits per heavy atom. The molecule has 0 radical (unpaired) electrons. The Morgan fingerprint density at radius 3 is 2.52 bits per heavy atom. The van der Waals surface area contributed by atoms with E-state index in [0.29, 0.717) is 32.0 Å². The van der Waals surface area contributed by atoms with Crippen molar-refractivity contribution in [3.63, 3.8) is 0 Å². The number of carbonyl (C=O) groups is 1. The molecule has 0 bridgehead atoms. The van der Waals surface area contributed by atoms with Gasteiger partial charge >= 0.3 is 6.18 Å². The summed E-state index contributed by atoms with van der Waals surface area (Å²) < 4.78 is 45.5. The first-order valence-corrected chi connectivity index (χ1v) is 8.15. The highest BCUT2D eigenvalue weighted by Crippen LogP contribution is 2.35. The number of amides is 1. The van der Waals surface area contributed by atoms with Gasteiger partial charge in [0, 0.05) is 26.2 Å². The topological polar surface area (TPSA) is 76.5 Å². The molecule has 1 N–H and O–H groups in total. The number of aryl methyl sites for hydroxylation is 1. The summed E-state index contributed by atoms with van der Waals surface area (Å²) in [5, 5.41) is 6.30. The van der Waals surface area contributed by atoms with Gasteiger partial charge in [0.2, 0.25) is 0 Å². The third-order valence-corrected chi connectivity index (χ3v) is 4.12. The largest absolute Gasteiger partial charge is 0.416 e. The zero-order valence-electron chi connectivity index (χ0n) is 14.4. The van der Waals surface area contributed by atoms with Crippen LogP contribution >= 0.6 is 0 Å². The van der Waals surface area contributed by atoms with E-state index in [0.717, 1.165) is 22.9 Å². The van der Waals surface area contributed by atoms with Crippen molar-refractivity contribution < 1.29 is 22.7 Å². The maximum atomic E-state index is 13.1. The fraction of sp³-hybridized carbons (Fsp3) is 0.353. The van der Waals surface area contributed by atoms with Gasteiger partial charge < -0.3 is 15.0 Å². The lowest BCUT2D eigenvalue weighted by Crippen LogP contribution is -2.37. The normalized spacial score (nSPS) is 14.9. The van der Waals surface area contributed by atoms with Gasteiger partial charge in [-0.1, -0.05) is 0 Å². The Labute approximate surface area is 152 Å². The molecular formula is C17H17F3N4O3. The minimum atomic E-state index is -4.54. The summed E-state index contributed by atoms with van der Waals surface area (Å²) >= 11 is 0. The molecule has 0 saturated carbocycles. The number of halogens is 3. The first-order valence-electron chi connectivity index (χ1n) is 8.15. The van der Waals surface area contributed by atoms with Crippen molar-refractivity contribution in [2.45, 2.75) is 6.18 Å². The van der Waals surface area contributed by atoms with Gasteiger partial charge in [-0.25, -0.2) is 4.68 Å². The monoisotopic (exact) mass is 382 g/mol. The fourth-order valence-corrected chi connectivity index (χ4v) is 2.70. The van der Waals surface area contributed by atoms with E-state index in [4.69, 9.17) is 4.74 Å². The molecule has 1 amide bonds. The van der Waals surface area contributed by atoms with Gasteiger partial charge in [-0.05, 0) is 24.3 Å². The number of hydrogen-bond donors (Lipinski definition) is 1. The predicted octanol–water partition coefficient (Wildman–Crippen LogP) is 1.89. The van der Waals surface area contributed by atoms with Gasteiger partial charge in [0.15, 0.2) is 0 Å². The van der Waals surface area contributed by atoms with Crippen molar-refractivity contribution in [2.75, 3.05) is 36.5 Å². The molecule has 2 aromatic rings. The zero-order valence-corrected chi connectivity index (χ0v) is 14.4. The quantitative estimate of drug-likeness (QED) is 0.877. The van der Waals surface area contributed by atoms with Gasteiger partial charge in [0.25, 0.3) is 11.5 Å². The highest BCUT2D eigenvalue weighted by Gasteiger charge is 2.32. The summed E-state index contributed by atoms with van der Waals surface area (Å²) in [6.45, 7) is 1.87. The number of nitrogens with zero attached hydrogens (tertiary/aromatic N) is 3. The first kappa shape index (κ1) is 18.9. The van der Waals surface area contributed by atoms with E-state index in [-0.39, 0.29) is 11.4 Å². The molecule has 1 aromatic carbocycles. The van der Waals surface area contributed by atoms with Crippen LogP contribution in [0.25, 0.3) is 0 Å². The van der Waals surface area contributed by atoms with Crippen molar-refractivity contribution in [2.24, 2.45) is 7.05 Å². The Kier molecular flexibility index (Phi) is 5.17. The molecule has 0 unspecified atom stereocenters. The molecule has 3 rings (SSSR count). The van der Waals surface area contributed by atoms with E-state index < -0.39 is 23.2 Å². The number of anilines is 2. The van der Waals surface area contributed by atoms with Crippen molar-refractivity contribution in [1.82, 2.24) is 9.78 Å². The van der Waals surface area contributed by atoms with Crippen LogP contribution in [0.1, 0.15) is 16.1 Å². The van der Waals surface area contributed by atoms with E-state index in [1.54, 1.807) is 0 Å². The van der Waals surface area contributed by atoms with E-state index >= 15 is 0 Å². The lowest BCUT2D eigenvalue weighted by molar-refractivity contribution is -0.137. The minimum Gasteiger partial charge on any atom is -0.378 e. The lowest BCUT2D eigenvalue weighted by Gasteiger charge is -2.31. The Hall–Kier alpha value is -2.88. The zero-order chi connectivity index (χ0) is 19.6. The number of alkyl halides is 3. The second-order valence-electron chi connectivity index (χ2n) is 5.96. The molecule has 7 nitrogen and oxygen atoms in total. The molecule has 27 heavy (non-hydrogen) atoms. The van der Waals surface area contributed by atoms with E-state index in [1.807, 2.05) is 4.90 Å². The standard InChI is InChI=1S/C17H17F3N4O3/c1-23-15(25)5-3-12(22-23)16(26)21-13-10-11(17(18,19)20)2-4-14(13)24-6-8-27-9-7-24/h2-5,10H,6-9H2,1H3,(H,21,26). The molecule has 0 aliphatic carbocycles. The number of hydrogen-bond acceptors (Lipinski definition) is 5. The Bertz CT molecular complexity index is 905. The molecule has 2 heterocycles. The molecule has 0 atom stereocenters. The summed E-state index contributed by atoms with van der Waals surface area (Å²) in [4.78, 5) is 25.7. The van der Waals surface area contributed by atoms with Crippen molar-refractivity contribution in [3.8, 4) is 0 Å². The number of ether oxygens (including phenoxy) is 1. The van der Waals surface area contributed by atoms with Crippen LogP contribution < -0.4 is 15.8 Å². The van der Waals surface area contributed by atoms with Gasteiger partial charge in [0.05, 0.1) is 30.2 Å². The highest BCUT2D eigenvalue weighted by molar-refractivity contribution is 6.04. The molecular weight excluding hydrogens is 365 g/mol. The van der Waals surface area contributed by atoms with Crippen LogP contribution in [0.3, 0.4) is 0 Å². The van der Waals surface area contributed by atoms with Crippen LogP contribution in [0.4, 0.5) is 24.5 Å². The van der Waals surface area contributed by atoms with Crippen LogP contribution in [-0.4, -0.2) is 42.0 Å². The molecule has 1 fully saturated rings. The number of rotatable bonds is 3. The van der Waals surface area contributed by atoms with Crippen LogP contribution in [0.2, 0.25) is 0 Å². The SMILES string of the molecule is Cn1nc(C(=O)Nc2cc(C(F)(F)F)ccc2N2CCOCC2)ccc1=O. The number of nitrogens with one attached hydrogen (secondary N) is 1. The minimum absolute atomic E-state index is 0.0207. The summed E-state index contributed by atoms with van der Waals surface area (Å²) in [5.74, 6) is -0.709. The van der Waals surface area contributed by atoms with Crippen molar-refractivity contribution >= 4 is 17.3 Å². The number of aromatic nitrogens is 2. The predicted molar refractivity (Wildman–Crippen MR) is 91.9 cm³/mol. The van der Waals surface area contributed by atoms with Crippen molar-refractivity contribution in [3.05, 3.63) is 51.9 Å². The first-order chi connectivity index (χ1) is 12.8. The van der Waals surface area contributed by atoms with Crippen LogP contribution in [-0.2, 0) is 18.0 Å². The third kappa shape index (κ3) is 4.27. The van der Waals surface area contributed by atoms with Gasteiger partial charge in [-0.2, -0.15) is 18.3 Å². The van der Waals surface area contributed by atoms with E-state index in [9.17, 15) is 22.8 Å². The van der Waals surface area contributed by atoms with Gasteiger partial charge in [-0.15, -0.1) is 0 Å². The average molecular weight is 382 g/mol. The molecule has 0 spiro atoms. The maximum Gasteiger partial charge on any atom is 0.416 e. The number of benzene rings is 1. The second-order valence-corrected chi connectivity index (χ2v) is 5.96. The van der Waals surface area contributed by atoms with Gasteiger partial charge in [0.1, 0.15) is 5.69 Å². The van der Waals surface area contributed by atoms with Crippen LogP contribution in [0, 0.1) is 0 Å². The molecule has 1 aliphatic heterocycles. The van der Waals surface area contributed by atoms with Gasteiger partial charge in [-0.3, -0.25) is 9.59 Å². The summed E-state index contributed by atoms with van der Waals surface area (Å²) in [6.07, 6.45) is -4.54. The molecule has 1 aromatic heterocycles. The van der Waals surface area contributed by atoms with E-state index in [2.05, 4.69) is 10.4 Å².